The fourth-order valence-electron chi connectivity index (χ4n) is 2.32. The maximum atomic E-state index is 12.8. The van der Waals surface area contributed by atoms with Crippen molar-refractivity contribution in [2.45, 2.75) is 11.1 Å². The third kappa shape index (κ3) is 4.86. The molecule has 0 aliphatic rings. The van der Waals surface area contributed by atoms with E-state index in [2.05, 4.69) is 25.3 Å². The van der Waals surface area contributed by atoms with Gasteiger partial charge in [-0.15, -0.1) is 10.2 Å². The van der Waals surface area contributed by atoms with Crippen molar-refractivity contribution >= 4 is 39.0 Å². The molecule has 9 nitrogen and oxygen atoms in total. The molecule has 0 unspecified atom stereocenters. The quantitative estimate of drug-likeness (QED) is 0.604. The monoisotopic (exact) mass is 460 g/mol. The largest absolute Gasteiger partial charge is 0.433 e. The summed E-state index contributed by atoms with van der Waals surface area (Å²) in [7, 11) is -2.92. The predicted molar refractivity (Wildman–Crippen MR) is 100 cm³/mol. The molecule has 30 heavy (non-hydrogen) atoms. The van der Waals surface area contributed by atoms with E-state index in [1.807, 2.05) is 0 Å². The van der Waals surface area contributed by atoms with Gasteiger partial charge in [-0.2, -0.15) is 18.3 Å². The topological polar surface area (TPSA) is 119 Å². The Bertz CT molecular complexity index is 1180. The summed E-state index contributed by atoms with van der Waals surface area (Å²) in [5.74, 6) is -0.932. The van der Waals surface area contributed by atoms with Crippen LogP contribution in [0.25, 0.3) is 0 Å². The standard InChI is InChI=1S/C16H12ClF3N6O3S/c1-26-12(16(18,19)20)8-11(24-26)15(27)21-9-2-4-10(5-3-9)30(28,29)25-14-7-6-13(17)22-23-14/h2-8H,1H3,(H,21,27)(H,23,25). The SMILES string of the molecule is Cn1nc(C(=O)Nc2ccc(S(=O)(=O)Nc3ccc(Cl)nn3)cc2)cc1C(F)(F)F. The van der Waals surface area contributed by atoms with Gasteiger partial charge in [-0.05, 0) is 36.4 Å². The number of hydrogen-bond acceptors (Lipinski definition) is 6. The Kier molecular flexibility index (Phi) is 5.67. The van der Waals surface area contributed by atoms with Crippen molar-refractivity contribution < 1.29 is 26.4 Å². The minimum Gasteiger partial charge on any atom is -0.321 e. The number of carbonyl (C=O) groups excluding carboxylic acids is 1. The van der Waals surface area contributed by atoms with Gasteiger partial charge in [-0.1, -0.05) is 11.6 Å². The van der Waals surface area contributed by atoms with Crippen molar-refractivity contribution in [2.24, 2.45) is 7.05 Å². The van der Waals surface area contributed by atoms with Crippen LogP contribution in [0.15, 0.2) is 47.4 Å². The van der Waals surface area contributed by atoms with E-state index in [4.69, 9.17) is 11.6 Å². The van der Waals surface area contributed by atoms with Crippen molar-refractivity contribution in [1.82, 2.24) is 20.0 Å². The fourth-order valence-corrected chi connectivity index (χ4v) is 3.42. The highest BCUT2D eigenvalue weighted by atomic mass is 35.5. The van der Waals surface area contributed by atoms with Crippen molar-refractivity contribution in [3.8, 4) is 0 Å². The number of rotatable bonds is 5. The van der Waals surface area contributed by atoms with E-state index in [9.17, 15) is 26.4 Å². The second-order valence-corrected chi connectivity index (χ2v) is 7.93. The molecule has 0 saturated carbocycles. The number of amides is 1. The van der Waals surface area contributed by atoms with Crippen molar-refractivity contribution in [3.63, 3.8) is 0 Å². The molecule has 0 aliphatic carbocycles. The van der Waals surface area contributed by atoms with Crippen LogP contribution < -0.4 is 10.0 Å². The number of halogens is 4. The number of alkyl halides is 3. The van der Waals surface area contributed by atoms with Crippen molar-refractivity contribution in [2.75, 3.05) is 10.0 Å². The third-order valence-electron chi connectivity index (χ3n) is 3.70. The number of hydrogen-bond donors (Lipinski definition) is 2. The summed E-state index contributed by atoms with van der Waals surface area (Å²) in [6.45, 7) is 0. The Balaban J connectivity index is 1.72. The summed E-state index contributed by atoms with van der Waals surface area (Å²) >= 11 is 5.59. The number of nitrogens with one attached hydrogen (secondary N) is 2. The van der Waals surface area contributed by atoms with E-state index in [0.717, 1.165) is 7.05 Å². The Morgan fingerprint density at radius 3 is 2.30 bits per heavy atom. The van der Waals surface area contributed by atoms with E-state index in [1.54, 1.807) is 0 Å². The summed E-state index contributed by atoms with van der Waals surface area (Å²) < 4.78 is 65.9. The second-order valence-electron chi connectivity index (χ2n) is 5.86. The summed E-state index contributed by atoms with van der Waals surface area (Å²) in [4.78, 5) is 12.0. The Morgan fingerprint density at radius 1 is 1.10 bits per heavy atom. The summed E-state index contributed by atoms with van der Waals surface area (Å²) in [5, 5.41) is 13.1. The molecule has 0 radical (unpaired) electrons. The molecule has 14 heteroatoms. The molecule has 0 fully saturated rings. The van der Waals surface area contributed by atoms with Gasteiger partial charge in [-0.25, -0.2) is 8.42 Å². The van der Waals surface area contributed by atoms with Crippen LogP contribution in [0.3, 0.4) is 0 Å². The highest BCUT2D eigenvalue weighted by molar-refractivity contribution is 7.92. The molecular formula is C16H12ClF3N6O3S. The number of sulfonamides is 1. The molecule has 3 aromatic rings. The van der Waals surface area contributed by atoms with Gasteiger partial charge in [0.05, 0.1) is 4.90 Å². The number of aromatic nitrogens is 4. The molecule has 0 saturated heterocycles. The molecule has 1 amide bonds. The smallest absolute Gasteiger partial charge is 0.321 e. The molecule has 0 aliphatic heterocycles. The Morgan fingerprint density at radius 2 is 1.77 bits per heavy atom. The first kappa shape index (κ1) is 21.5. The highest BCUT2D eigenvalue weighted by Crippen LogP contribution is 2.29. The van der Waals surface area contributed by atoms with Gasteiger partial charge in [0, 0.05) is 18.8 Å². The minimum atomic E-state index is -4.66. The summed E-state index contributed by atoms with van der Waals surface area (Å²) in [6.07, 6.45) is -4.66. The molecule has 3 rings (SSSR count). The molecule has 0 spiro atoms. The van der Waals surface area contributed by atoms with Gasteiger partial charge in [0.25, 0.3) is 15.9 Å². The highest BCUT2D eigenvalue weighted by Gasteiger charge is 2.35. The predicted octanol–water partition coefficient (Wildman–Crippen LogP) is 2.94. The zero-order valence-electron chi connectivity index (χ0n) is 15.0. The lowest BCUT2D eigenvalue weighted by atomic mass is 10.3. The Hall–Kier alpha value is -3.19. The zero-order chi connectivity index (χ0) is 22.1. The first-order valence-electron chi connectivity index (χ1n) is 8.00. The van der Waals surface area contributed by atoms with Crippen LogP contribution in [-0.4, -0.2) is 34.3 Å². The fraction of sp³-hybridized carbons (Fsp3) is 0.125. The number of carbonyl (C=O) groups is 1. The van der Waals surface area contributed by atoms with E-state index in [1.165, 1.54) is 36.4 Å². The van der Waals surface area contributed by atoms with Crippen LogP contribution in [0.4, 0.5) is 24.7 Å². The molecule has 2 heterocycles. The average molecular weight is 461 g/mol. The van der Waals surface area contributed by atoms with Gasteiger partial charge in [0.15, 0.2) is 16.7 Å². The maximum absolute atomic E-state index is 12.8. The number of nitrogens with zero attached hydrogens (tertiary/aromatic N) is 4. The molecule has 1 aromatic carbocycles. The number of benzene rings is 1. The third-order valence-corrected chi connectivity index (χ3v) is 5.27. The molecule has 158 valence electrons. The molecule has 0 atom stereocenters. The normalized spacial score (nSPS) is 11.9. The maximum Gasteiger partial charge on any atom is 0.433 e. The Labute approximate surface area is 172 Å². The average Bonchev–Trinajstić information content (AvgIpc) is 3.06. The molecule has 2 aromatic heterocycles. The number of aryl methyl sites for hydroxylation is 1. The van der Waals surface area contributed by atoms with Crippen molar-refractivity contribution in [1.29, 1.82) is 0 Å². The number of anilines is 2. The van der Waals surface area contributed by atoms with Gasteiger partial charge in [0.1, 0.15) is 5.69 Å². The lowest BCUT2D eigenvalue weighted by Gasteiger charge is -2.08. The summed E-state index contributed by atoms with van der Waals surface area (Å²) in [6, 6.07) is 8.23. The lowest BCUT2D eigenvalue weighted by Crippen LogP contribution is -2.15. The first-order chi connectivity index (χ1) is 14.0. The van der Waals surface area contributed by atoms with Crippen LogP contribution in [0, 0.1) is 0 Å². The molecular weight excluding hydrogens is 449 g/mol. The van der Waals surface area contributed by atoms with E-state index in [-0.39, 0.29) is 21.6 Å². The zero-order valence-corrected chi connectivity index (χ0v) is 16.5. The van der Waals surface area contributed by atoms with E-state index < -0.39 is 33.5 Å². The van der Waals surface area contributed by atoms with Gasteiger partial charge in [0.2, 0.25) is 0 Å². The summed E-state index contributed by atoms with van der Waals surface area (Å²) in [5.41, 5.74) is -1.36. The van der Waals surface area contributed by atoms with Crippen LogP contribution in [0.5, 0.6) is 0 Å². The second kappa shape index (κ2) is 7.91. The van der Waals surface area contributed by atoms with Crippen LogP contribution in [0.2, 0.25) is 5.15 Å². The van der Waals surface area contributed by atoms with Gasteiger partial charge < -0.3 is 5.32 Å². The van der Waals surface area contributed by atoms with E-state index >= 15 is 0 Å². The molecule has 0 bridgehead atoms. The van der Waals surface area contributed by atoms with E-state index in [0.29, 0.717) is 10.7 Å². The van der Waals surface area contributed by atoms with Gasteiger partial charge in [-0.3, -0.25) is 14.2 Å². The first-order valence-corrected chi connectivity index (χ1v) is 9.86. The minimum absolute atomic E-state index is 0.0487. The molecule has 2 N–H and O–H groups in total. The van der Waals surface area contributed by atoms with Crippen LogP contribution in [-0.2, 0) is 23.2 Å². The lowest BCUT2D eigenvalue weighted by molar-refractivity contribution is -0.143. The van der Waals surface area contributed by atoms with Gasteiger partial charge >= 0.3 is 6.18 Å². The van der Waals surface area contributed by atoms with Crippen molar-refractivity contribution in [3.05, 3.63) is 59.0 Å². The van der Waals surface area contributed by atoms with Crippen LogP contribution >= 0.6 is 11.6 Å². The van der Waals surface area contributed by atoms with Crippen LogP contribution in [0.1, 0.15) is 16.2 Å².